The van der Waals surface area contributed by atoms with Crippen LogP contribution in [0.3, 0.4) is 0 Å². The summed E-state index contributed by atoms with van der Waals surface area (Å²) >= 11 is 0.916. The van der Waals surface area contributed by atoms with Gasteiger partial charge in [0.25, 0.3) is 0 Å². The van der Waals surface area contributed by atoms with E-state index in [9.17, 15) is 4.57 Å². The molecule has 0 aromatic carbocycles. The minimum atomic E-state index is -3.98. The monoisotopic (exact) mass is 1010 g/mol. The van der Waals surface area contributed by atoms with Gasteiger partial charge in [-0.2, -0.15) is 123 Å². The smallest absolute Gasteiger partial charge is 0.331 e. The van der Waals surface area contributed by atoms with Crippen LogP contribution in [0, 0.1) is 0 Å². The van der Waals surface area contributed by atoms with Gasteiger partial charge in [-0.05, 0) is 6.54 Å². The molecule has 0 radical (unpaired) electrons. The number of nitrogens with zero attached hydrogens (tertiary/aromatic N) is 16. The van der Waals surface area contributed by atoms with Gasteiger partial charge in [0.15, 0.2) is 0 Å². The molecule has 68 heavy (non-hydrogen) atoms. The third-order valence-corrected chi connectivity index (χ3v) is 7.84. The molecule has 8 aromatic heterocycles. The number of rotatable bonds is 16. The van der Waals surface area contributed by atoms with Crippen molar-refractivity contribution < 1.29 is 59.6 Å². The average molecular weight is 1010 g/mol. The van der Waals surface area contributed by atoms with Crippen molar-refractivity contribution in [1.29, 1.82) is 0 Å². The number of aliphatic hydroxyl groups excluding tert-OH is 6. The molecule has 0 fully saturated rings. The van der Waals surface area contributed by atoms with E-state index in [1.54, 1.807) is 24.8 Å². The van der Waals surface area contributed by atoms with Crippen molar-refractivity contribution in [2.45, 2.75) is 57.2 Å². The number of aromatic amines is 8. The topological polar surface area (TPSA) is 602 Å². The molecule has 0 saturated heterocycles. The molecule has 8 rings (SSSR count). The molecule has 0 bridgehead atoms. The minimum Gasteiger partial charge on any atom is -0.396 e. The lowest BCUT2D eigenvalue weighted by molar-refractivity contribution is -0.432. The maximum Gasteiger partial charge on any atom is 0.331 e. The van der Waals surface area contributed by atoms with Gasteiger partial charge in [-0.3, -0.25) is 4.57 Å². The molecule has 376 valence electrons. The van der Waals surface area contributed by atoms with Crippen molar-refractivity contribution in [2.75, 3.05) is 19.8 Å². The summed E-state index contributed by atoms with van der Waals surface area (Å²) in [5.74, 6) is 0.469. The SMILES string of the molecule is NCCc1cn[nH]n1.NCc1cn[nH]n1.O=P(O)(O)Cc1cn[nH]n1.OCC(O)c1cn[nH]n1.OCCc1cn[nH]n1.OCc1cn[nH]n1.OCc1n[nH]nc1CO.OOOSCc1cn[nH]n1. The number of nitrogens with one attached hydrogen (secondary N) is 8. The van der Waals surface area contributed by atoms with E-state index >= 15 is 0 Å². The van der Waals surface area contributed by atoms with Crippen LogP contribution in [-0.2, 0) is 65.1 Å². The second-order valence-electron chi connectivity index (χ2n) is 11.5. The van der Waals surface area contributed by atoms with Gasteiger partial charge in [-0.25, -0.2) is 5.26 Å². The highest BCUT2D eigenvalue weighted by molar-refractivity contribution is 7.93. The lowest BCUT2D eigenvalue weighted by Crippen LogP contribution is -2.02. The lowest BCUT2D eigenvalue weighted by Gasteiger charge is -1.98. The number of H-pyrrole nitrogens is 8. The maximum absolute atomic E-state index is 10.3. The van der Waals surface area contributed by atoms with Gasteiger partial charge in [-0.1, -0.05) is 5.04 Å². The Labute approximate surface area is 385 Å². The van der Waals surface area contributed by atoms with Gasteiger partial charge < -0.3 is 51.9 Å². The van der Waals surface area contributed by atoms with Crippen molar-refractivity contribution in [2.24, 2.45) is 11.5 Å². The van der Waals surface area contributed by atoms with Crippen molar-refractivity contribution >= 4 is 19.6 Å². The fourth-order valence-corrected chi connectivity index (χ4v) is 4.41. The number of hydrogen-bond donors (Lipinski definition) is 19. The Bertz CT molecular complexity index is 2140. The fraction of sp³-hybridized carbons (Fsp3) is 0.429. The Morgan fingerprint density at radius 2 is 1.00 bits per heavy atom. The van der Waals surface area contributed by atoms with E-state index in [0.717, 1.165) is 41.2 Å². The molecule has 1 unspecified atom stereocenters. The molecule has 1 atom stereocenters. The van der Waals surface area contributed by atoms with Crippen LogP contribution in [0.5, 0.6) is 0 Å². The summed E-state index contributed by atoms with van der Waals surface area (Å²) < 4.78 is 14.4. The third kappa shape index (κ3) is 29.7. The maximum atomic E-state index is 10.3. The van der Waals surface area contributed by atoms with Gasteiger partial charge in [0.2, 0.25) is 0 Å². The van der Waals surface area contributed by atoms with Crippen LogP contribution in [0.4, 0.5) is 0 Å². The Morgan fingerprint density at radius 3 is 1.34 bits per heavy atom. The molecule has 40 heteroatoms. The second-order valence-corrected chi connectivity index (χ2v) is 13.8. The quantitative estimate of drug-likeness (QED) is 0.0141. The summed E-state index contributed by atoms with van der Waals surface area (Å²) in [5, 5.41) is 138. The highest BCUT2D eigenvalue weighted by atomic mass is 32.2. The van der Waals surface area contributed by atoms with Crippen LogP contribution < -0.4 is 11.5 Å². The van der Waals surface area contributed by atoms with Crippen LogP contribution in [0.25, 0.3) is 0 Å². The third-order valence-electron chi connectivity index (χ3n) is 6.53. The summed E-state index contributed by atoms with van der Waals surface area (Å²) in [7, 11) is -3.98. The zero-order valence-corrected chi connectivity index (χ0v) is 37.0. The predicted octanol–water partition coefficient (Wildman–Crippen LogP) is -5.32. The minimum absolute atomic E-state index is 0.0451. The van der Waals surface area contributed by atoms with E-state index in [0.29, 0.717) is 48.0 Å². The summed E-state index contributed by atoms with van der Waals surface area (Å²) in [4.78, 5) is 16.8. The van der Waals surface area contributed by atoms with Crippen molar-refractivity contribution in [3.8, 4) is 0 Å². The van der Waals surface area contributed by atoms with Crippen LogP contribution in [-0.4, -0.2) is 189 Å². The summed E-state index contributed by atoms with van der Waals surface area (Å²) in [5.41, 5.74) is 15.6. The highest BCUT2D eigenvalue weighted by Crippen LogP contribution is 2.37. The number of aromatic nitrogens is 24. The zero-order valence-electron chi connectivity index (χ0n) is 35.3. The number of nitrogens with two attached hydrogens (primary N) is 2. The zero-order chi connectivity index (χ0) is 50.1. The molecular weight excluding hydrogens is 956 g/mol. The Kier molecular flexibility index (Phi) is 33.3. The van der Waals surface area contributed by atoms with E-state index in [-0.39, 0.29) is 44.9 Å². The van der Waals surface area contributed by atoms with Crippen molar-refractivity contribution in [1.82, 2.24) is 123 Å². The summed E-state index contributed by atoms with van der Waals surface area (Å²) in [6, 6.07) is 0. The first-order valence-electron chi connectivity index (χ1n) is 18.6. The first-order chi connectivity index (χ1) is 33.0. The van der Waals surface area contributed by atoms with Gasteiger partial charge in [-0.15, -0.1) is 4.33 Å². The number of hydrogen-bond acceptors (Lipinski definition) is 29. The normalized spacial score (nSPS) is 10.5. The van der Waals surface area contributed by atoms with E-state index in [1.165, 1.54) is 18.6 Å². The molecule has 8 aromatic rings. The first kappa shape index (κ1) is 59.2. The van der Waals surface area contributed by atoms with Gasteiger partial charge in [0.05, 0.1) is 110 Å². The molecule has 0 saturated carbocycles. The van der Waals surface area contributed by atoms with Crippen LogP contribution in [0.15, 0.2) is 43.4 Å². The van der Waals surface area contributed by atoms with Gasteiger partial charge >= 0.3 is 7.60 Å². The lowest BCUT2D eigenvalue weighted by atomic mass is 10.3. The molecule has 8 heterocycles. The molecule has 38 nitrogen and oxygen atoms in total. The molecular formula is C28H51N26O12PS. The molecule has 21 N–H and O–H groups in total. The van der Waals surface area contributed by atoms with Crippen LogP contribution >= 0.6 is 19.6 Å². The fourth-order valence-electron chi connectivity index (χ4n) is 3.49. The first-order valence-corrected chi connectivity index (χ1v) is 21.3. The van der Waals surface area contributed by atoms with Gasteiger partial charge in [0, 0.05) is 38.0 Å². The molecule has 0 spiro atoms. The molecule has 0 aliphatic rings. The Balaban J connectivity index is 0.000000390. The van der Waals surface area contributed by atoms with E-state index in [1.807, 2.05) is 0 Å². The standard InChI is InChI=1S/C4H8N4.2C4H7N3O2.C4H7N3O.C3H6N4.C3H6N3O3P.C3H5N3O3S.C3H5N3O/c5-2-1-4-3-6-8-7-4;8-1-3-4(2-9)6-7-5-3;8-2-4(9)3-1-5-7-6-3;8-2-1-4-3-5-7-6-4;4-1-3-2-5-7-6-3;7-10(8,9)2-3-1-4-6-5-3;7-8-9-10-2-3-1-4-6-5-3;7-2-3-1-4-6-5-3/h3H,1-2,5H2,(H,6,7,8);8-9H,1-2H2,(H,5,6,7);1,4,8-9H,2H2,(H,5,6,7);3,8H,1-2H2,(H,5,6,7);2H,1,4H2,(H,5,6,7);1H,2H2,(H,4,5,6)(H2,7,8,9);1,7H,2H2,(H,4,5,6);1,7H,2H2,(H,4,5,6). The predicted molar refractivity (Wildman–Crippen MR) is 224 cm³/mol. The summed E-state index contributed by atoms with van der Waals surface area (Å²) in [6.45, 7) is 0.470. The Morgan fingerprint density at radius 1 is 0.559 bits per heavy atom. The molecule has 0 aliphatic carbocycles. The second kappa shape index (κ2) is 38.3. The molecule has 0 amide bonds. The summed E-state index contributed by atoms with van der Waals surface area (Å²) in [6.07, 6.45) is 10.6. The Hall–Kier alpha value is -6.82. The average Bonchev–Trinajstić information content (AvgIpc) is 4.20. The molecule has 0 aliphatic heterocycles. The van der Waals surface area contributed by atoms with E-state index in [4.69, 9.17) is 57.2 Å². The van der Waals surface area contributed by atoms with Crippen molar-refractivity contribution in [3.63, 3.8) is 0 Å². The largest absolute Gasteiger partial charge is 0.396 e. The number of aliphatic hydroxyl groups is 6. The van der Waals surface area contributed by atoms with Crippen LogP contribution in [0.1, 0.15) is 57.3 Å². The van der Waals surface area contributed by atoms with Crippen molar-refractivity contribution in [3.05, 3.63) is 94.6 Å². The van der Waals surface area contributed by atoms with E-state index in [2.05, 4.69) is 133 Å². The van der Waals surface area contributed by atoms with Gasteiger partial charge in [0.1, 0.15) is 28.9 Å². The van der Waals surface area contributed by atoms with E-state index < -0.39 is 13.7 Å². The van der Waals surface area contributed by atoms with Crippen LogP contribution in [0.2, 0.25) is 0 Å². The highest BCUT2D eigenvalue weighted by Gasteiger charge is 2.15.